The van der Waals surface area contributed by atoms with E-state index in [1.165, 1.54) is 0 Å². The lowest BCUT2D eigenvalue weighted by atomic mass is 10.1. The Bertz CT molecular complexity index is 565. The molecule has 0 aliphatic carbocycles. The molecule has 0 radical (unpaired) electrons. The van der Waals surface area contributed by atoms with E-state index in [1.807, 2.05) is 0 Å². The molecule has 1 saturated heterocycles. The van der Waals surface area contributed by atoms with Crippen molar-refractivity contribution in [3.8, 4) is 0 Å². The summed E-state index contributed by atoms with van der Waals surface area (Å²) >= 11 is 1.65. The molecule has 0 amide bonds. The lowest BCUT2D eigenvalue weighted by Gasteiger charge is -2.12. The molecule has 2 aromatic heterocycles. The fourth-order valence-electron chi connectivity index (χ4n) is 2.29. The predicted octanol–water partition coefficient (Wildman–Crippen LogP) is 2.96. The van der Waals surface area contributed by atoms with Gasteiger partial charge in [-0.05, 0) is 24.3 Å². The molecule has 5 nitrogen and oxygen atoms in total. The fourth-order valence-corrected chi connectivity index (χ4v) is 3.06. The van der Waals surface area contributed by atoms with Crippen LogP contribution in [-0.4, -0.2) is 36.3 Å². The Labute approximate surface area is 122 Å². The number of nitrogens with zero attached hydrogens (tertiary/aromatic N) is 2. The Balaban J connectivity index is 1.77. The minimum absolute atomic E-state index is 0.589. The third kappa shape index (κ3) is 3.02. The molecule has 0 spiro atoms. The van der Waals surface area contributed by atoms with E-state index in [0.717, 1.165) is 55.2 Å². The van der Waals surface area contributed by atoms with Gasteiger partial charge in [0.15, 0.2) is 0 Å². The number of aromatic nitrogens is 2. The van der Waals surface area contributed by atoms with E-state index in [-0.39, 0.29) is 0 Å². The van der Waals surface area contributed by atoms with Crippen LogP contribution in [0.15, 0.2) is 11.4 Å². The first-order chi connectivity index (χ1) is 9.86. The summed E-state index contributed by atoms with van der Waals surface area (Å²) in [5.74, 6) is 2.24. The highest BCUT2D eigenvalue weighted by Crippen LogP contribution is 2.27. The summed E-state index contributed by atoms with van der Waals surface area (Å²) in [6.07, 6.45) is 2.19. The molecule has 1 atom stereocenters. The first-order valence-electron chi connectivity index (χ1n) is 7.17. The fraction of sp³-hybridized carbons (Fsp3) is 0.571. The Morgan fingerprint density at radius 1 is 1.40 bits per heavy atom. The quantitative estimate of drug-likeness (QED) is 0.857. The van der Waals surface area contributed by atoms with Gasteiger partial charge >= 0.3 is 0 Å². The third-order valence-electron chi connectivity index (χ3n) is 3.44. The van der Waals surface area contributed by atoms with Gasteiger partial charge in [0.2, 0.25) is 5.95 Å². The van der Waals surface area contributed by atoms with E-state index < -0.39 is 0 Å². The van der Waals surface area contributed by atoms with E-state index in [4.69, 9.17) is 4.74 Å². The average molecular weight is 292 g/mol. The summed E-state index contributed by atoms with van der Waals surface area (Å²) in [4.78, 5) is 10.2. The molecule has 3 heterocycles. The lowest BCUT2D eigenvalue weighted by Crippen LogP contribution is -2.15. The van der Waals surface area contributed by atoms with Crippen LogP contribution in [-0.2, 0) is 4.74 Å². The highest BCUT2D eigenvalue weighted by molar-refractivity contribution is 7.16. The van der Waals surface area contributed by atoms with Crippen LogP contribution in [0.4, 0.5) is 11.8 Å². The molecule has 6 heteroatoms. The van der Waals surface area contributed by atoms with Crippen molar-refractivity contribution in [1.82, 2.24) is 9.97 Å². The molecule has 0 aromatic carbocycles. The van der Waals surface area contributed by atoms with Crippen LogP contribution in [0, 0.1) is 5.92 Å². The van der Waals surface area contributed by atoms with Gasteiger partial charge in [0.25, 0.3) is 0 Å². The lowest BCUT2D eigenvalue weighted by molar-refractivity contribution is 0.187. The normalized spacial score (nSPS) is 18.6. The minimum atomic E-state index is 0.589. The van der Waals surface area contributed by atoms with Crippen molar-refractivity contribution < 1.29 is 4.74 Å². The van der Waals surface area contributed by atoms with Gasteiger partial charge < -0.3 is 15.4 Å². The zero-order valence-corrected chi connectivity index (χ0v) is 12.5. The van der Waals surface area contributed by atoms with Gasteiger partial charge in [0.05, 0.1) is 12.0 Å². The second kappa shape index (κ2) is 6.37. The second-order valence-electron chi connectivity index (χ2n) is 5.07. The smallest absolute Gasteiger partial charge is 0.226 e. The Morgan fingerprint density at radius 2 is 2.35 bits per heavy atom. The standard InChI is InChI=1S/C14H20N4OS/c1-2-5-15-14-17-12(11-4-7-20-13(11)18-14)16-8-10-3-6-19-9-10/h4,7,10H,2-3,5-6,8-9H2,1H3,(H2,15,16,17,18). The van der Waals surface area contributed by atoms with Gasteiger partial charge in [-0.25, -0.2) is 4.98 Å². The van der Waals surface area contributed by atoms with Crippen molar-refractivity contribution in [2.24, 2.45) is 5.92 Å². The number of fused-ring (bicyclic) bond motifs is 1. The van der Waals surface area contributed by atoms with Crippen LogP contribution in [0.5, 0.6) is 0 Å². The molecule has 108 valence electrons. The maximum atomic E-state index is 5.41. The highest BCUT2D eigenvalue weighted by Gasteiger charge is 2.16. The number of hydrogen-bond donors (Lipinski definition) is 2. The van der Waals surface area contributed by atoms with Crippen molar-refractivity contribution in [2.75, 3.05) is 36.9 Å². The molecular weight excluding hydrogens is 272 g/mol. The molecule has 1 fully saturated rings. The van der Waals surface area contributed by atoms with Gasteiger partial charge in [-0.2, -0.15) is 4.98 Å². The van der Waals surface area contributed by atoms with E-state index in [9.17, 15) is 0 Å². The molecule has 0 saturated carbocycles. The number of anilines is 2. The summed E-state index contributed by atoms with van der Waals surface area (Å²) in [6, 6.07) is 2.08. The third-order valence-corrected chi connectivity index (χ3v) is 4.25. The van der Waals surface area contributed by atoms with Gasteiger partial charge in [0, 0.05) is 25.6 Å². The zero-order chi connectivity index (χ0) is 13.8. The summed E-state index contributed by atoms with van der Waals surface area (Å²) in [5, 5.41) is 9.90. The Kier molecular flexibility index (Phi) is 4.32. The van der Waals surface area contributed by atoms with Crippen molar-refractivity contribution >= 4 is 33.3 Å². The summed E-state index contributed by atoms with van der Waals surface area (Å²) in [6.45, 7) is 5.68. The summed E-state index contributed by atoms with van der Waals surface area (Å²) < 4.78 is 5.41. The maximum Gasteiger partial charge on any atom is 0.226 e. The Morgan fingerprint density at radius 3 is 3.15 bits per heavy atom. The first-order valence-corrected chi connectivity index (χ1v) is 8.05. The van der Waals surface area contributed by atoms with Crippen LogP contribution in [0.2, 0.25) is 0 Å². The molecular formula is C14H20N4OS. The van der Waals surface area contributed by atoms with Gasteiger partial charge in [-0.3, -0.25) is 0 Å². The van der Waals surface area contributed by atoms with Crippen LogP contribution >= 0.6 is 11.3 Å². The molecule has 1 aliphatic heterocycles. The van der Waals surface area contributed by atoms with Gasteiger partial charge in [-0.15, -0.1) is 11.3 Å². The van der Waals surface area contributed by atoms with Gasteiger partial charge in [-0.1, -0.05) is 6.92 Å². The van der Waals surface area contributed by atoms with E-state index in [2.05, 4.69) is 39.0 Å². The van der Waals surface area contributed by atoms with E-state index >= 15 is 0 Å². The van der Waals surface area contributed by atoms with Crippen molar-refractivity contribution in [3.05, 3.63) is 11.4 Å². The minimum Gasteiger partial charge on any atom is -0.381 e. The summed E-state index contributed by atoms with van der Waals surface area (Å²) in [7, 11) is 0. The molecule has 1 unspecified atom stereocenters. The van der Waals surface area contributed by atoms with Gasteiger partial charge in [0.1, 0.15) is 10.6 Å². The van der Waals surface area contributed by atoms with E-state index in [0.29, 0.717) is 11.9 Å². The number of thiophene rings is 1. The monoisotopic (exact) mass is 292 g/mol. The second-order valence-corrected chi connectivity index (χ2v) is 5.97. The molecule has 2 N–H and O–H groups in total. The number of rotatable bonds is 6. The predicted molar refractivity (Wildman–Crippen MR) is 83.6 cm³/mol. The highest BCUT2D eigenvalue weighted by atomic mass is 32.1. The maximum absolute atomic E-state index is 5.41. The molecule has 0 bridgehead atoms. The zero-order valence-electron chi connectivity index (χ0n) is 11.7. The average Bonchev–Trinajstić information content (AvgIpc) is 3.13. The SMILES string of the molecule is CCCNc1nc(NCC2CCOC2)c2ccsc2n1. The number of hydrogen-bond acceptors (Lipinski definition) is 6. The molecule has 1 aliphatic rings. The number of ether oxygens (including phenoxy) is 1. The van der Waals surface area contributed by atoms with Crippen molar-refractivity contribution in [1.29, 1.82) is 0 Å². The van der Waals surface area contributed by atoms with Crippen LogP contribution < -0.4 is 10.6 Å². The Hall–Kier alpha value is -1.40. The first kappa shape index (κ1) is 13.6. The van der Waals surface area contributed by atoms with Crippen LogP contribution in [0.1, 0.15) is 19.8 Å². The molecule has 3 rings (SSSR count). The molecule has 20 heavy (non-hydrogen) atoms. The largest absolute Gasteiger partial charge is 0.381 e. The van der Waals surface area contributed by atoms with Crippen molar-refractivity contribution in [3.63, 3.8) is 0 Å². The number of nitrogens with one attached hydrogen (secondary N) is 2. The summed E-state index contributed by atoms with van der Waals surface area (Å²) in [5.41, 5.74) is 0. The topological polar surface area (TPSA) is 59.1 Å². The molecule has 2 aromatic rings. The van der Waals surface area contributed by atoms with E-state index in [1.54, 1.807) is 11.3 Å². The van der Waals surface area contributed by atoms with Crippen LogP contribution in [0.25, 0.3) is 10.2 Å². The van der Waals surface area contributed by atoms with Crippen molar-refractivity contribution in [2.45, 2.75) is 19.8 Å². The van der Waals surface area contributed by atoms with Crippen LogP contribution in [0.3, 0.4) is 0 Å².